The first-order valence-corrected chi connectivity index (χ1v) is 5.69. The fourth-order valence-corrected chi connectivity index (χ4v) is 1.66. The van der Waals surface area contributed by atoms with Crippen LogP contribution in [0.15, 0.2) is 36.5 Å². The summed E-state index contributed by atoms with van der Waals surface area (Å²) < 4.78 is 38.2. The van der Waals surface area contributed by atoms with Crippen molar-refractivity contribution in [2.45, 2.75) is 19.4 Å². The van der Waals surface area contributed by atoms with Crippen LogP contribution in [0.2, 0.25) is 0 Å². The Morgan fingerprint density at radius 1 is 1.11 bits per heavy atom. The maximum Gasteiger partial charge on any atom is 1.00 e. The van der Waals surface area contributed by atoms with Gasteiger partial charge in [0.05, 0.1) is 0 Å². The van der Waals surface area contributed by atoms with Crippen LogP contribution >= 0.6 is 0 Å². The van der Waals surface area contributed by atoms with E-state index in [-0.39, 0.29) is 51.4 Å². The SMILES string of the molecule is F[B-](F)(F)c1cn(CCCc2ccccc2)nn1.[K+]. The molecule has 0 bridgehead atoms. The molecule has 0 N–H and O–H groups in total. The monoisotopic (exact) mass is 293 g/mol. The van der Waals surface area contributed by atoms with Gasteiger partial charge in [-0.25, -0.2) is 0 Å². The quantitative estimate of drug-likeness (QED) is 0.660. The van der Waals surface area contributed by atoms with Crippen LogP contribution in [-0.4, -0.2) is 22.0 Å². The topological polar surface area (TPSA) is 30.7 Å². The minimum Gasteiger partial charge on any atom is -0.444 e. The van der Waals surface area contributed by atoms with Crippen molar-refractivity contribution in [2.24, 2.45) is 0 Å². The van der Waals surface area contributed by atoms with Gasteiger partial charge in [-0.2, -0.15) is 5.10 Å². The van der Waals surface area contributed by atoms with E-state index in [2.05, 4.69) is 10.3 Å². The Morgan fingerprint density at radius 3 is 2.37 bits per heavy atom. The van der Waals surface area contributed by atoms with Gasteiger partial charge >= 0.3 is 58.4 Å². The number of halogens is 3. The molecule has 1 aromatic carbocycles. The van der Waals surface area contributed by atoms with E-state index in [9.17, 15) is 12.9 Å². The molecule has 0 aliphatic carbocycles. The zero-order valence-corrected chi connectivity index (χ0v) is 13.8. The Bertz CT molecular complexity index is 501. The van der Waals surface area contributed by atoms with Gasteiger partial charge < -0.3 is 12.9 Å². The second-order valence-electron chi connectivity index (χ2n) is 4.07. The van der Waals surface area contributed by atoms with E-state index in [1.165, 1.54) is 4.68 Å². The number of aryl methyl sites for hydroxylation is 2. The van der Waals surface area contributed by atoms with E-state index in [1.54, 1.807) is 0 Å². The van der Waals surface area contributed by atoms with Crippen molar-refractivity contribution < 1.29 is 64.3 Å². The summed E-state index contributed by atoms with van der Waals surface area (Å²) >= 11 is 0. The number of nitrogens with zero attached hydrogens (tertiary/aromatic N) is 3. The van der Waals surface area contributed by atoms with Crippen molar-refractivity contribution in [3.05, 3.63) is 42.1 Å². The molecule has 1 heterocycles. The van der Waals surface area contributed by atoms with Gasteiger partial charge in [-0.15, -0.1) is 0 Å². The molecular formula is C11H12BF3KN3. The first-order chi connectivity index (χ1) is 8.55. The molecule has 8 heteroatoms. The van der Waals surface area contributed by atoms with Crippen molar-refractivity contribution in [1.29, 1.82) is 0 Å². The Labute approximate surface area is 152 Å². The predicted molar refractivity (Wildman–Crippen MR) is 63.5 cm³/mol. The molecule has 0 amide bonds. The van der Waals surface area contributed by atoms with Gasteiger partial charge in [0.2, 0.25) is 0 Å². The minimum atomic E-state index is -5.04. The average molecular weight is 293 g/mol. The number of hydrogen-bond acceptors (Lipinski definition) is 2. The molecule has 2 aromatic rings. The van der Waals surface area contributed by atoms with Crippen molar-refractivity contribution >= 4 is 12.6 Å². The molecule has 2 rings (SSSR count). The van der Waals surface area contributed by atoms with Gasteiger partial charge in [0, 0.05) is 18.3 Å². The number of rotatable bonds is 5. The van der Waals surface area contributed by atoms with Gasteiger partial charge in [0.1, 0.15) is 0 Å². The van der Waals surface area contributed by atoms with Crippen molar-refractivity contribution in [3.8, 4) is 0 Å². The fraction of sp³-hybridized carbons (Fsp3) is 0.273. The summed E-state index contributed by atoms with van der Waals surface area (Å²) in [6, 6.07) is 9.79. The molecule has 0 aliphatic heterocycles. The van der Waals surface area contributed by atoms with Crippen LogP contribution in [0.5, 0.6) is 0 Å². The van der Waals surface area contributed by atoms with Crippen LogP contribution < -0.4 is 57.0 Å². The first-order valence-electron chi connectivity index (χ1n) is 5.69. The third kappa shape index (κ3) is 5.39. The largest absolute Gasteiger partial charge is 1.00 e. The summed E-state index contributed by atoms with van der Waals surface area (Å²) in [6.07, 6.45) is 2.51. The fourth-order valence-electron chi connectivity index (χ4n) is 1.66. The Kier molecular flexibility index (Phi) is 6.75. The Balaban J connectivity index is 0.00000180. The van der Waals surface area contributed by atoms with Gasteiger partial charge in [-0.1, -0.05) is 35.5 Å². The van der Waals surface area contributed by atoms with E-state index in [4.69, 9.17) is 0 Å². The van der Waals surface area contributed by atoms with E-state index in [0.29, 0.717) is 6.54 Å². The molecule has 0 radical (unpaired) electrons. The molecule has 0 unspecified atom stereocenters. The zero-order chi connectivity index (χ0) is 13.0. The summed E-state index contributed by atoms with van der Waals surface area (Å²) in [6.45, 7) is -4.61. The van der Waals surface area contributed by atoms with Gasteiger partial charge in [0.25, 0.3) is 0 Å². The maximum absolute atomic E-state index is 12.3. The van der Waals surface area contributed by atoms with Gasteiger partial charge in [-0.05, 0) is 18.4 Å². The van der Waals surface area contributed by atoms with Crippen LogP contribution in [-0.2, 0) is 13.0 Å². The molecule has 0 spiro atoms. The number of benzene rings is 1. The van der Waals surface area contributed by atoms with Crippen LogP contribution in [0.1, 0.15) is 12.0 Å². The third-order valence-corrected chi connectivity index (χ3v) is 2.59. The van der Waals surface area contributed by atoms with E-state index >= 15 is 0 Å². The predicted octanol–water partition coefficient (Wildman–Crippen LogP) is -1.03. The van der Waals surface area contributed by atoms with Crippen LogP contribution in [0.4, 0.5) is 12.9 Å². The van der Waals surface area contributed by atoms with Crippen molar-refractivity contribution in [2.75, 3.05) is 0 Å². The minimum absolute atomic E-state index is 0. The van der Waals surface area contributed by atoms with Crippen LogP contribution in [0.3, 0.4) is 0 Å². The summed E-state index contributed by atoms with van der Waals surface area (Å²) in [7, 11) is 0. The molecule has 0 aliphatic rings. The molecule has 96 valence electrons. The van der Waals surface area contributed by atoms with E-state index in [0.717, 1.165) is 24.6 Å². The smallest absolute Gasteiger partial charge is 0.444 e. The first kappa shape index (κ1) is 16.9. The molecule has 0 atom stereocenters. The normalized spacial score (nSPS) is 11.1. The number of aromatic nitrogens is 3. The summed E-state index contributed by atoms with van der Waals surface area (Å²) in [5.74, 6) is 0. The molecule has 1 aromatic heterocycles. The van der Waals surface area contributed by atoms with E-state index < -0.39 is 12.6 Å². The van der Waals surface area contributed by atoms with Crippen molar-refractivity contribution in [3.63, 3.8) is 0 Å². The molecule has 0 fully saturated rings. The Morgan fingerprint density at radius 2 is 1.79 bits per heavy atom. The Hall–Kier alpha value is -0.149. The van der Waals surface area contributed by atoms with E-state index in [1.807, 2.05) is 30.3 Å². The average Bonchev–Trinajstić information content (AvgIpc) is 2.79. The van der Waals surface area contributed by atoms with Crippen LogP contribution in [0, 0.1) is 0 Å². The second kappa shape index (κ2) is 7.59. The molecule has 0 saturated carbocycles. The molecule has 19 heavy (non-hydrogen) atoms. The molecule has 0 saturated heterocycles. The number of hydrogen-bond donors (Lipinski definition) is 0. The van der Waals surface area contributed by atoms with Gasteiger partial charge in [0.15, 0.2) is 0 Å². The summed E-state index contributed by atoms with van der Waals surface area (Å²) in [5, 5.41) is 6.60. The standard InChI is InChI=1S/C11H12BF3N3.K/c13-12(14,15)11-9-18(17-16-11)8-4-7-10-5-2-1-3-6-10;/h1-3,5-6,9H,4,7-8H2;/q-1;+1. The summed E-state index contributed by atoms with van der Waals surface area (Å²) in [4.78, 5) is 0. The second-order valence-corrected chi connectivity index (χ2v) is 4.07. The third-order valence-electron chi connectivity index (χ3n) is 2.59. The molecule has 3 nitrogen and oxygen atoms in total. The maximum atomic E-state index is 12.3. The zero-order valence-electron chi connectivity index (χ0n) is 10.6. The van der Waals surface area contributed by atoms with Crippen LogP contribution in [0.25, 0.3) is 0 Å². The summed E-state index contributed by atoms with van der Waals surface area (Å²) in [5.41, 5.74) is 0.285. The van der Waals surface area contributed by atoms with Crippen molar-refractivity contribution in [1.82, 2.24) is 15.0 Å². The molecular weight excluding hydrogens is 281 g/mol. The van der Waals surface area contributed by atoms with Gasteiger partial charge in [-0.3, -0.25) is 4.68 Å².